The summed E-state index contributed by atoms with van der Waals surface area (Å²) in [6, 6.07) is 14.1. The molecule has 2 aromatic carbocycles. The minimum atomic E-state index is -0.555. The second-order valence-electron chi connectivity index (χ2n) is 11.8. The Labute approximate surface area is 234 Å². The summed E-state index contributed by atoms with van der Waals surface area (Å²) in [5, 5.41) is 3.19. The van der Waals surface area contributed by atoms with Gasteiger partial charge in [-0.3, -0.25) is 4.79 Å². The van der Waals surface area contributed by atoms with E-state index in [0.717, 1.165) is 29.7 Å². The molecule has 0 aliphatic carbocycles. The summed E-state index contributed by atoms with van der Waals surface area (Å²) in [5.74, 6) is 1.10. The fourth-order valence-electron chi connectivity index (χ4n) is 5.16. The van der Waals surface area contributed by atoms with Gasteiger partial charge in [0.25, 0.3) is 5.91 Å². The molecule has 0 saturated carbocycles. The Bertz CT molecular complexity index is 1090. The molecule has 1 heterocycles. The number of carbonyl (C=O) groups excluding carboxylic acids is 2. The molecule has 1 fully saturated rings. The molecule has 0 spiro atoms. The number of nitrogens with zero attached hydrogens (tertiary/aromatic N) is 1. The van der Waals surface area contributed by atoms with Crippen molar-refractivity contribution in [2.45, 2.75) is 65.9 Å². The van der Waals surface area contributed by atoms with Crippen LogP contribution >= 0.6 is 0 Å². The maximum absolute atomic E-state index is 13.5. The van der Waals surface area contributed by atoms with Gasteiger partial charge >= 0.3 is 6.09 Å². The number of methoxy groups -OCH3 is 1. The van der Waals surface area contributed by atoms with Crippen molar-refractivity contribution in [3.8, 4) is 5.75 Å². The molecule has 7 nitrogen and oxygen atoms in total. The van der Waals surface area contributed by atoms with Gasteiger partial charge in [-0.2, -0.15) is 0 Å². The fraction of sp³-hybridized carbons (Fsp3) is 0.562. The van der Waals surface area contributed by atoms with Gasteiger partial charge in [-0.15, -0.1) is 0 Å². The first-order valence-electron chi connectivity index (χ1n) is 14.1. The molecule has 1 aliphatic rings. The second kappa shape index (κ2) is 13.8. The average molecular weight is 539 g/mol. The molecule has 0 radical (unpaired) electrons. The van der Waals surface area contributed by atoms with Crippen LogP contribution in [0.5, 0.6) is 5.75 Å². The molecule has 0 bridgehead atoms. The van der Waals surface area contributed by atoms with Gasteiger partial charge in [0.2, 0.25) is 0 Å². The van der Waals surface area contributed by atoms with E-state index in [2.05, 4.69) is 31.3 Å². The maximum Gasteiger partial charge on any atom is 0.410 e. The van der Waals surface area contributed by atoms with Gasteiger partial charge in [0, 0.05) is 50.9 Å². The summed E-state index contributed by atoms with van der Waals surface area (Å²) in [6.45, 7) is 14.6. The van der Waals surface area contributed by atoms with Crippen LogP contribution in [0.3, 0.4) is 0 Å². The van der Waals surface area contributed by atoms with Crippen LogP contribution in [-0.2, 0) is 15.9 Å². The highest BCUT2D eigenvalue weighted by Gasteiger charge is 2.37. The molecule has 214 valence electrons. The predicted octanol–water partition coefficient (Wildman–Crippen LogP) is 5.99. The molecule has 1 saturated heterocycles. The maximum atomic E-state index is 13.5. The van der Waals surface area contributed by atoms with E-state index in [9.17, 15) is 9.59 Å². The SMILES string of the molecule is COCCCOc1c(C)ccc(C(=O)NC[C@@H]2CN(C(=O)OC(C)(C)C)C[C@H]2Cc2ccccc2)c1C(C)C. The lowest BCUT2D eigenvalue weighted by Crippen LogP contribution is -2.36. The van der Waals surface area contributed by atoms with Crippen LogP contribution in [0, 0.1) is 18.8 Å². The van der Waals surface area contributed by atoms with Crippen molar-refractivity contribution in [3.63, 3.8) is 0 Å². The Balaban J connectivity index is 1.76. The van der Waals surface area contributed by atoms with Crippen LogP contribution in [0.25, 0.3) is 0 Å². The van der Waals surface area contributed by atoms with Crippen molar-refractivity contribution in [2.24, 2.45) is 11.8 Å². The molecule has 2 amide bonds. The minimum Gasteiger partial charge on any atom is -0.493 e. The Morgan fingerprint density at radius 3 is 2.36 bits per heavy atom. The third-order valence-electron chi connectivity index (χ3n) is 7.05. The van der Waals surface area contributed by atoms with Crippen molar-refractivity contribution >= 4 is 12.0 Å². The third-order valence-corrected chi connectivity index (χ3v) is 7.05. The lowest BCUT2D eigenvalue weighted by atomic mass is 9.89. The molecule has 2 atom stereocenters. The zero-order valence-electron chi connectivity index (χ0n) is 24.7. The molecule has 1 aliphatic heterocycles. The monoisotopic (exact) mass is 538 g/mol. The first-order valence-corrected chi connectivity index (χ1v) is 14.1. The smallest absolute Gasteiger partial charge is 0.410 e. The van der Waals surface area contributed by atoms with Gasteiger partial charge < -0.3 is 24.4 Å². The van der Waals surface area contributed by atoms with E-state index >= 15 is 0 Å². The number of rotatable bonds is 11. The van der Waals surface area contributed by atoms with Gasteiger partial charge in [-0.25, -0.2) is 4.79 Å². The Morgan fingerprint density at radius 2 is 1.72 bits per heavy atom. The van der Waals surface area contributed by atoms with Crippen molar-refractivity contribution in [1.29, 1.82) is 0 Å². The van der Waals surface area contributed by atoms with Crippen LogP contribution in [0.15, 0.2) is 42.5 Å². The highest BCUT2D eigenvalue weighted by Crippen LogP contribution is 2.34. The Morgan fingerprint density at radius 1 is 1.03 bits per heavy atom. The molecule has 0 aromatic heterocycles. The number of likely N-dealkylation sites (tertiary alicyclic amines) is 1. The molecule has 7 heteroatoms. The summed E-state index contributed by atoms with van der Waals surface area (Å²) in [4.78, 5) is 28.2. The molecule has 1 N–H and O–H groups in total. The van der Waals surface area contributed by atoms with Crippen LogP contribution in [0.2, 0.25) is 0 Å². The van der Waals surface area contributed by atoms with Crippen molar-refractivity contribution in [2.75, 3.05) is 40.0 Å². The number of benzene rings is 2. The molecule has 2 aromatic rings. The van der Waals surface area contributed by atoms with E-state index < -0.39 is 5.60 Å². The Hall–Kier alpha value is -3.06. The van der Waals surface area contributed by atoms with Crippen LogP contribution < -0.4 is 10.1 Å². The topological polar surface area (TPSA) is 77.1 Å². The number of hydrogen-bond donors (Lipinski definition) is 1. The summed E-state index contributed by atoms with van der Waals surface area (Å²) >= 11 is 0. The fourth-order valence-corrected chi connectivity index (χ4v) is 5.16. The molecule has 3 rings (SSSR count). The predicted molar refractivity (Wildman–Crippen MR) is 155 cm³/mol. The van der Waals surface area contributed by atoms with E-state index in [0.29, 0.717) is 38.4 Å². The number of carbonyl (C=O) groups is 2. The van der Waals surface area contributed by atoms with Crippen LogP contribution in [0.4, 0.5) is 4.79 Å². The number of amides is 2. The van der Waals surface area contributed by atoms with Crippen LogP contribution in [0.1, 0.15) is 74.0 Å². The van der Waals surface area contributed by atoms with E-state index in [-0.39, 0.29) is 29.8 Å². The number of hydrogen-bond acceptors (Lipinski definition) is 5. The number of ether oxygens (including phenoxy) is 3. The molecule has 39 heavy (non-hydrogen) atoms. The number of nitrogens with one attached hydrogen (secondary N) is 1. The largest absolute Gasteiger partial charge is 0.493 e. The zero-order valence-corrected chi connectivity index (χ0v) is 24.7. The normalized spacial score (nSPS) is 17.4. The summed E-state index contributed by atoms with van der Waals surface area (Å²) < 4.78 is 16.9. The van der Waals surface area contributed by atoms with Crippen molar-refractivity contribution < 1.29 is 23.8 Å². The Kier molecular flexibility index (Phi) is 10.8. The van der Waals surface area contributed by atoms with E-state index in [1.807, 2.05) is 58.0 Å². The molecule has 0 unspecified atom stereocenters. The highest BCUT2D eigenvalue weighted by atomic mass is 16.6. The molecular weight excluding hydrogens is 492 g/mol. The average Bonchev–Trinajstić information content (AvgIpc) is 3.28. The summed E-state index contributed by atoms with van der Waals surface area (Å²) in [7, 11) is 1.68. The summed E-state index contributed by atoms with van der Waals surface area (Å²) in [6.07, 6.45) is 1.31. The minimum absolute atomic E-state index is 0.111. The highest BCUT2D eigenvalue weighted by molar-refractivity contribution is 5.96. The third kappa shape index (κ3) is 8.72. The van der Waals surface area contributed by atoms with Gasteiger partial charge in [0.05, 0.1) is 6.61 Å². The lowest BCUT2D eigenvalue weighted by molar-refractivity contribution is 0.0284. The van der Waals surface area contributed by atoms with Gasteiger partial charge in [-0.1, -0.05) is 50.2 Å². The quantitative estimate of drug-likeness (QED) is 0.356. The van der Waals surface area contributed by atoms with E-state index in [1.165, 1.54) is 5.56 Å². The van der Waals surface area contributed by atoms with Crippen molar-refractivity contribution in [3.05, 3.63) is 64.7 Å². The van der Waals surface area contributed by atoms with E-state index in [1.54, 1.807) is 12.0 Å². The number of aryl methyl sites for hydroxylation is 1. The summed E-state index contributed by atoms with van der Waals surface area (Å²) in [5.41, 5.74) is 3.24. The van der Waals surface area contributed by atoms with Crippen molar-refractivity contribution in [1.82, 2.24) is 10.2 Å². The van der Waals surface area contributed by atoms with Gasteiger partial charge in [-0.05, 0) is 69.1 Å². The molecular formula is C32H46N2O5. The zero-order chi connectivity index (χ0) is 28.6. The van der Waals surface area contributed by atoms with Crippen LogP contribution in [-0.4, -0.2) is 62.5 Å². The van der Waals surface area contributed by atoms with E-state index in [4.69, 9.17) is 14.2 Å². The standard InChI is InChI=1S/C32H46N2O5/c1-22(2)28-27(15-14-23(3)29(28)38-17-11-16-37-7)30(35)33-19-26-21-34(31(36)39-32(4,5)6)20-25(26)18-24-12-9-8-10-13-24/h8-10,12-15,22,25-26H,11,16-21H2,1-7H3,(H,33,35)/t25-,26-/m1/s1. The van der Waals surface area contributed by atoms with Gasteiger partial charge in [0.15, 0.2) is 0 Å². The second-order valence-corrected chi connectivity index (χ2v) is 11.8. The first kappa shape index (κ1) is 30.5. The lowest BCUT2D eigenvalue weighted by Gasteiger charge is -2.24. The van der Waals surface area contributed by atoms with Gasteiger partial charge in [0.1, 0.15) is 11.4 Å². The first-order chi connectivity index (χ1) is 18.5.